The van der Waals surface area contributed by atoms with Gasteiger partial charge >= 0.3 is 0 Å². The molecule has 1 aromatic heterocycles. The Kier molecular flexibility index (Phi) is 6.81. The Bertz CT molecular complexity index is 422. The van der Waals surface area contributed by atoms with E-state index in [2.05, 4.69) is 24.1 Å². The van der Waals surface area contributed by atoms with Crippen molar-refractivity contribution in [3.05, 3.63) is 28.5 Å². The van der Waals surface area contributed by atoms with Gasteiger partial charge in [-0.15, -0.1) is 0 Å². The molecule has 0 saturated carbocycles. The summed E-state index contributed by atoms with van der Waals surface area (Å²) < 4.78 is 5.40. The van der Waals surface area contributed by atoms with Crippen LogP contribution >= 0.6 is 11.6 Å². The van der Waals surface area contributed by atoms with Crippen LogP contribution in [0.25, 0.3) is 0 Å². The number of carbonyl (C=O) groups excluding carboxylic acids is 1. The van der Waals surface area contributed by atoms with Crippen molar-refractivity contribution in [1.82, 2.24) is 10.3 Å². The SMILES string of the molecule is CCc1cc(C(=O)NCCOCC(C)C)cc(Cl)n1. The summed E-state index contributed by atoms with van der Waals surface area (Å²) in [6, 6.07) is 3.33. The molecule has 0 unspecified atom stereocenters. The molecule has 0 fully saturated rings. The molecule has 0 spiro atoms. The molecule has 19 heavy (non-hydrogen) atoms. The molecule has 0 aromatic carbocycles. The molecule has 0 atom stereocenters. The number of aryl methyl sites for hydroxylation is 1. The van der Waals surface area contributed by atoms with Gasteiger partial charge in [-0.1, -0.05) is 32.4 Å². The van der Waals surface area contributed by atoms with E-state index in [0.29, 0.717) is 36.4 Å². The van der Waals surface area contributed by atoms with Gasteiger partial charge in [-0.25, -0.2) is 4.98 Å². The molecule has 0 aliphatic carbocycles. The van der Waals surface area contributed by atoms with Crippen LogP contribution in [0.15, 0.2) is 12.1 Å². The highest BCUT2D eigenvalue weighted by molar-refractivity contribution is 6.29. The first-order valence-corrected chi connectivity index (χ1v) is 6.93. The second kappa shape index (κ2) is 8.12. The number of rotatable bonds is 7. The van der Waals surface area contributed by atoms with E-state index in [1.807, 2.05) is 6.92 Å². The minimum absolute atomic E-state index is 0.146. The minimum Gasteiger partial charge on any atom is -0.379 e. The van der Waals surface area contributed by atoms with Crippen molar-refractivity contribution in [2.75, 3.05) is 19.8 Å². The van der Waals surface area contributed by atoms with Crippen LogP contribution in [0.5, 0.6) is 0 Å². The summed E-state index contributed by atoms with van der Waals surface area (Å²) in [6.07, 6.45) is 0.748. The van der Waals surface area contributed by atoms with Crippen LogP contribution < -0.4 is 5.32 Å². The van der Waals surface area contributed by atoms with Gasteiger partial charge < -0.3 is 10.1 Å². The fraction of sp³-hybridized carbons (Fsp3) is 0.571. The number of ether oxygens (including phenoxy) is 1. The Morgan fingerprint density at radius 2 is 2.21 bits per heavy atom. The van der Waals surface area contributed by atoms with Gasteiger partial charge in [0.05, 0.1) is 6.61 Å². The number of halogens is 1. The molecule has 0 bridgehead atoms. The lowest BCUT2D eigenvalue weighted by atomic mass is 10.2. The molecule has 0 aliphatic heterocycles. The average molecular weight is 285 g/mol. The largest absolute Gasteiger partial charge is 0.379 e. The Labute approximate surface area is 119 Å². The van der Waals surface area contributed by atoms with Crippen LogP contribution in [-0.4, -0.2) is 30.6 Å². The van der Waals surface area contributed by atoms with Crippen molar-refractivity contribution in [2.24, 2.45) is 5.92 Å². The number of amides is 1. The maximum atomic E-state index is 11.9. The van der Waals surface area contributed by atoms with Crippen LogP contribution in [0, 0.1) is 5.92 Å². The van der Waals surface area contributed by atoms with Gasteiger partial charge in [-0.2, -0.15) is 0 Å². The van der Waals surface area contributed by atoms with E-state index in [1.54, 1.807) is 12.1 Å². The van der Waals surface area contributed by atoms with Crippen LogP contribution in [0.2, 0.25) is 5.15 Å². The van der Waals surface area contributed by atoms with Crippen LogP contribution in [0.3, 0.4) is 0 Å². The number of aromatic nitrogens is 1. The highest BCUT2D eigenvalue weighted by Crippen LogP contribution is 2.11. The number of pyridine rings is 1. The second-order valence-corrected chi connectivity index (χ2v) is 5.14. The van der Waals surface area contributed by atoms with E-state index in [0.717, 1.165) is 12.1 Å². The molecule has 1 aromatic rings. The number of nitrogens with zero attached hydrogens (tertiary/aromatic N) is 1. The predicted octanol–water partition coefficient (Wildman–Crippen LogP) is 2.70. The van der Waals surface area contributed by atoms with Gasteiger partial charge in [-0.3, -0.25) is 4.79 Å². The van der Waals surface area contributed by atoms with Gasteiger partial charge in [0.25, 0.3) is 5.91 Å². The third kappa shape index (κ3) is 6.03. The zero-order chi connectivity index (χ0) is 14.3. The third-order valence-electron chi connectivity index (χ3n) is 2.45. The summed E-state index contributed by atoms with van der Waals surface area (Å²) >= 11 is 5.88. The maximum Gasteiger partial charge on any atom is 0.251 e. The Morgan fingerprint density at radius 3 is 2.84 bits per heavy atom. The monoisotopic (exact) mass is 284 g/mol. The smallest absolute Gasteiger partial charge is 0.251 e. The third-order valence-corrected chi connectivity index (χ3v) is 2.65. The lowest BCUT2D eigenvalue weighted by Gasteiger charge is -2.09. The van der Waals surface area contributed by atoms with E-state index in [-0.39, 0.29) is 5.91 Å². The van der Waals surface area contributed by atoms with Gasteiger partial charge in [0.2, 0.25) is 0 Å². The topological polar surface area (TPSA) is 51.2 Å². The molecule has 1 N–H and O–H groups in total. The molecule has 0 saturated heterocycles. The van der Waals surface area contributed by atoms with Gasteiger partial charge in [0, 0.05) is 24.4 Å². The summed E-state index contributed by atoms with van der Waals surface area (Å²) in [6.45, 7) is 7.86. The molecule has 1 rings (SSSR count). The summed E-state index contributed by atoms with van der Waals surface area (Å²) in [7, 11) is 0. The maximum absolute atomic E-state index is 11.9. The molecule has 4 nitrogen and oxygen atoms in total. The van der Waals surface area contributed by atoms with Crippen molar-refractivity contribution < 1.29 is 9.53 Å². The minimum atomic E-state index is -0.146. The molecular formula is C14H21ClN2O2. The fourth-order valence-electron chi connectivity index (χ4n) is 1.52. The zero-order valence-corrected chi connectivity index (χ0v) is 12.5. The van der Waals surface area contributed by atoms with Gasteiger partial charge in [0.15, 0.2) is 0 Å². The quantitative estimate of drug-likeness (QED) is 0.619. The first-order chi connectivity index (χ1) is 9.02. The van der Waals surface area contributed by atoms with Crippen molar-refractivity contribution >= 4 is 17.5 Å². The van der Waals surface area contributed by atoms with Crippen molar-refractivity contribution in [2.45, 2.75) is 27.2 Å². The summed E-state index contributed by atoms with van der Waals surface area (Å²) in [5, 5.41) is 3.15. The first-order valence-electron chi connectivity index (χ1n) is 6.55. The molecule has 5 heteroatoms. The molecule has 1 heterocycles. The number of nitrogens with one attached hydrogen (secondary N) is 1. The highest BCUT2D eigenvalue weighted by Gasteiger charge is 2.08. The normalized spacial score (nSPS) is 10.8. The Balaban J connectivity index is 2.43. The highest BCUT2D eigenvalue weighted by atomic mass is 35.5. The lowest BCUT2D eigenvalue weighted by Crippen LogP contribution is -2.27. The number of hydrogen-bond acceptors (Lipinski definition) is 3. The van der Waals surface area contributed by atoms with E-state index in [9.17, 15) is 4.79 Å². The van der Waals surface area contributed by atoms with Crippen LogP contribution in [0.1, 0.15) is 36.8 Å². The standard InChI is InChI=1S/C14H21ClN2O2/c1-4-12-7-11(8-13(15)17-12)14(18)16-5-6-19-9-10(2)3/h7-8,10H,4-6,9H2,1-3H3,(H,16,18). The van der Waals surface area contributed by atoms with E-state index < -0.39 is 0 Å². The van der Waals surface area contributed by atoms with Crippen LogP contribution in [0.4, 0.5) is 0 Å². The molecule has 0 radical (unpaired) electrons. The number of hydrogen-bond donors (Lipinski definition) is 1. The van der Waals surface area contributed by atoms with E-state index in [1.165, 1.54) is 0 Å². The fourth-order valence-corrected chi connectivity index (χ4v) is 1.75. The van der Waals surface area contributed by atoms with Crippen LogP contribution in [-0.2, 0) is 11.2 Å². The molecular weight excluding hydrogens is 264 g/mol. The van der Waals surface area contributed by atoms with E-state index in [4.69, 9.17) is 16.3 Å². The predicted molar refractivity (Wildman–Crippen MR) is 76.6 cm³/mol. The van der Waals surface area contributed by atoms with Crippen molar-refractivity contribution in [1.29, 1.82) is 0 Å². The van der Waals surface area contributed by atoms with Crippen molar-refractivity contribution in [3.63, 3.8) is 0 Å². The molecule has 0 aliphatic rings. The average Bonchev–Trinajstić information content (AvgIpc) is 2.36. The van der Waals surface area contributed by atoms with E-state index >= 15 is 0 Å². The number of carbonyl (C=O) groups is 1. The molecule has 106 valence electrons. The van der Waals surface area contributed by atoms with Gasteiger partial charge in [0.1, 0.15) is 5.15 Å². The summed E-state index contributed by atoms with van der Waals surface area (Å²) in [5.74, 6) is 0.356. The molecule has 1 amide bonds. The Morgan fingerprint density at radius 1 is 1.47 bits per heavy atom. The van der Waals surface area contributed by atoms with Gasteiger partial charge in [-0.05, 0) is 24.5 Å². The summed E-state index contributed by atoms with van der Waals surface area (Å²) in [5.41, 5.74) is 1.36. The lowest BCUT2D eigenvalue weighted by molar-refractivity contribution is 0.0886. The zero-order valence-electron chi connectivity index (χ0n) is 11.7. The first kappa shape index (κ1) is 15.9. The summed E-state index contributed by atoms with van der Waals surface area (Å²) in [4.78, 5) is 16.0. The second-order valence-electron chi connectivity index (χ2n) is 4.75. The Hall–Kier alpha value is -1.13. The van der Waals surface area contributed by atoms with Crippen molar-refractivity contribution in [3.8, 4) is 0 Å².